The molecule has 8 nitrogen and oxygen atoms in total. The molecule has 7 atom stereocenters. The van der Waals surface area contributed by atoms with Gasteiger partial charge in [-0.2, -0.15) is 0 Å². The van der Waals surface area contributed by atoms with Crippen LogP contribution in [0.15, 0.2) is 48.6 Å². The maximum Gasteiger partial charge on any atom is 0.263 e. The van der Waals surface area contributed by atoms with E-state index >= 15 is 0 Å². The highest BCUT2D eigenvalue weighted by Gasteiger charge is 2.45. The van der Waals surface area contributed by atoms with Gasteiger partial charge in [0.25, 0.3) is 5.91 Å². The fraction of sp³-hybridized carbons (Fsp3) is 0.615. The number of morpholine rings is 1. The first-order valence-electron chi connectivity index (χ1n) is 18.2. The maximum atomic E-state index is 14.0. The summed E-state index contributed by atoms with van der Waals surface area (Å²) in [5, 5.41) is 0.553. The van der Waals surface area contributed by atoms with Crippen LogP contribution in [0.4, 0.5) is 5.69 Å². The largest absolute Gasteiger partial charge is 0.491 e. The first-order chi connectivity index (χ1) is 23.7. The number of allylic oxidation sites excluding steroid dienone is 1. The molecule has 1 N–H and O–H groups in total. The van der Waals surface area contributed by atoms with Crippen molar-refractivity contribution in [3.8, 4) is 5.75 Å². The van der Waals surface area contributed by atoms with Crippen LogP contribution in [0.2, 0.25) is 5.02 Å². The Hall–Kier alpha value is -2.43. The Morgan fingerprint density at radius 1 is 1.12 bits per heavy atom. The standard InChI is InChI=1S/C39H54ClN3O5S/c1-5-7-28-22-32(40)11-12-33(28)31-25-43-24-30-9-13-34(30)39(3,46-4)16-6-8-27(2)37(15-17-42-18-20-47-21-19-42)49(45)41-38(44)29-10-14-36(48-26-31)35(43)23-29/h6,10-12,14,16,22-23,27,30-31,34,37H,5,7-9,13,15,17-21,24-26H2,1-4H3,(H,41,44)/b16-6+/t27?,30?,31?,34?,37?,39-,49?/m0/s1. The van der Waals surface area contributed by atoms with Crippen LogP contribution in [0.3, 0.4) is 0 Å². The van der Waals surface area contributed by atoms with Gasteiger partial charge in [-0.1, -0.05) is 50.1 Å². The number of fused-ring (bicyclic) bond motifs is 2. The van der Waals surface area contributed by atoms with E-state index in [1.165, 1.54) is 11.1 Å². The third-order valence-electron chi connectivity index (χ3n) is 11.4. The topological polar surface area (TPSA) is 80.3 Å². The number of benzene rings is 2. The summed E-state index contributed by atoms with van der Waals surface area (Å²) < 4.78 is 35.3. The molecule has 6 rings (SSSR count). The van der Waals surface area contributed by atoms with Crippen LogP contribution < -0.4 is 14.4 Å². The summed E-state index contributed by atoms with van der Waals surface area (Å²) in [4.78, 5) is 18.6. The Kier molecular flexibility index (Phi) is 12.1. The molecule has 2 bridgehead atoms. The molecule has 2 aromatic rings. The average molecular weight is 712 g/mol. The normalized spacial score (nSPS) is 31.9. The lowest BCUT2D eigenvalue weighted by Crippen LogP contribution is -2.49. The number of nitrogens with one attached hydrogen (secondary N) is 1. The van der Waals surface area contributed by atoms with Crippen LogP contribution in [0.1, 0.15) is 80.3 Å². The lowest BCUT2D eigenvalue weighted by molar-refractivity contribution is -0.0620. The predicted octanol–water partition coefficient (Wildman–Crippen LogP) is 6.79. The van der Waals surface area contributed by atoms with E-state index in [0.717, 1.165) is 101 Å². The van der Waals surface area contributed by atoms with E-state index in [2.05, 4.69) is 59.6 Å². The summed E-state index contributed by atoms with van der Waals surface area (Å²) >= 11 is 6.46. The summed E-state index contributed by atoms with van der Waals surface area (Å²) in [6, 6.07) is 11.9. The Bertz CT molecular complexity index is 1520. The highest BCUT2D eigenvalue weighted by Crippen LogP contribution is 2.47. The molecule has 0 aromatic heterocycles. The molecule has 1 aliphatic carbocycles. The third kappa shape index (κ3) is 8.39. The van der Waals surface area contributed by atoms with Crippen molar-refractivity contribution in [2.45, 2.75) is 76.1 Å². The van der Waals surface area contributed by atoms with Gasteiger partial charge in [0, 0.05) is 49.8 Å². The molecular weight excluding hydrogens is 658 g/mol. The molecule has 2 aromatic carbocycles. The van der Waals surface area contributed by atoms with Gasteiger partial charge in [-0.05, 0) is 105 Å². The van der Waals surface area contributed by atoms with E-state index in [1.807, 2.05) is 25.3 Å². The van der Waals surface area contributed by atoms with E-state index in [4.69, 9.17) is 25.8 Å². The number of carbonyl (C=O) groups excluding carboxylic acids is 1. The second kappa shape index (κ2) is 16.3. The number of halogens is 1. The number of rotatable bonds is 7. The zero-order chi connectivity index (χ0) is 34.5. The molecule has 3 heterocycles. The number of hydrogen-bond acceptors (Lipinski definition) is 7. The first-order valence-corrected chi connectivity index (χ1v) is 19.8. The predicted molar refractivity (Wildman–Crippen MR) is 198 cm³/mol. The Morgan fingerprint density at radius 3 is 2.67 bits per heavy atom. The number of hydrogen-bond donors (Lipinski definition) is 1. The Labute approximate surface area is 300 Å². The molecule has 1 amide bonds. The third-order valence-corrected chi connectivity index (χ3v) is 13.3. The highest BCUT2D eigenvalue weighted by molar-refractivity contribution is 7.84. The van der Waals surface area contributed by atoms with Gasteiger partial charge in [-0.25, -0.2) is 4.21 Å². The number of aryl methyl sites for hydroxylation is 1. The molecule has 10 heteroatoms. The summed E-state index contributed by atoms with van der Waals surface area (Å²) in [5.41, 5.74) is 3.54. The average Bonchev–Trinajstić information content (AvgIpc) is 3.26. The first kappa shape index (κ1) is 36.4. The molecule has 1 saturated carbocycles. The van der Waals surface area contributed by atoms with Crippen LogP contribution in [0.5, 0.6) is 5.75 Å². The van der Waals surface area contributed by atoms with Gasteiger partial charge in [0.05, 0.1) is 36.4 Å². The molecule has 6 unspecified atom stereocenters. The maximum absolute atomic E-state index is 14.0. The van der Waals surface area contributed by atoms with Crippen molar-refractivity contribution in [3.05, 3.63) is 70.3 Å². The fourth-order valence-corrected chi connectivity index (χ4v) is 9.75. The van der Waals surface area contributed by atoms with Crippen LogP contribution in [-0.2, 0) is 26.9 Å². The lowest BCUT2D eigenvalue weighted by Gasteiger charge is -2.48. The molecule has 4 aliphatic rings. The number of amides is 1. The Balaban J connectivity index is 1.34. The van der Waals surface area contributed by atoms with Crippen LogP contribution in [0, 0.1) is 17.8 Å². The molecule has 0 spiro atoms. The van der Waals surface area contributed by atoms with Gasteiger partial charge in [-0.3, -0.25) is 14.4 Å². The van der Waals surface area contributed by atoms with Gasteiger partial charge in [-0.15, -0.1) is 0 Å². The fourth-order valence-electron chi connectivity index (χ4n) is 8.25. The van der Waals surface area contributed by atoms with E-state index in [9.17, 15) is 9.00 Å². The second-order valence-electron chi connectivity index (χ2n) is 14.6. The summed E-state index contributed by atoms with van der Waals surface area (Å²) in [6.07, 6.45) is 10.2. The summed E-state index contributed by atoms with van der Waals surface area (Å²) in [7, 11) is 0.256. The van der Waals surface area contributed by atoms with Gasteiger partial charge >= 0.3 is 0 Å². The zero-order valence-corrected chi connectivity index (χ0v) is 31.2. The van der Waals surface area contributed by atoms with E-state index in [0.29, 0.717) is 24.0 Å². The SMILES string of the molecule is CCCc1cc(Cl)ccc1C1COc2ccc3cc2N(C1)CC1CCC1[C@@](C)(OC)/C=C/CC(C)C(CCN1CCOCC1)S(=O)NC3=O. The Morgan fingerprint density at radius 2 is 1.94 bits per heavy atom. The van der Waals surface area contributed by atoms with Gasteiger partial charge in [0.2, 0.25) is 0 Å². The van der Waals surface area contributed by atoms with Crippen LogP contribution in [-0.4, -0.2) is 85.5 Å². The molecule has 0 radical (unpaired) electrons. The number of ether oxygens (including phenoxy) is 3. The molecular formula is C39H54ClN3O5S. The van der Waals surface area contributed by atoms with Crippen molar-refractivity contribution in [2.75, 3.05) is 64.6 Å². The summed E-state index contributed by atoms with van der Waals surface area (Å²) in [6.45, 7) is 12.7. The van der Waals surface area contributed by atoms with Gasteiger partial charge in [0.15, 0.2) is 0 Å². The number of nitrogens with zero attached hydrogens (tertiary/aromatic N) is 2. The van der Waals surface area contributed by atoms with Crippen LogP contribution >= 0.6 is 11.6 Å². The second-order valence-corrected chi connectivity index (χ2v) is 16.5. The molecule has 1 saturated heterocycles. The number of anilines is 1. The molecule has 3 aliphatic heterocycles. The summed E-state index contributed by atoms with van der Waals surface area (Å²) in [5.74, 6) is 1.45. The minimum Gasteiger partial charge on any atom is -0.491 e. The van der Waals surface area contributed by atoms with Gasteiger partial charge < -0.3 is 19.1 Å². The van der Waals surface area contributed by atoms with Crippen molar-refractivity contribution < 1.29 is 23.2 Å². The van der Waals surface area contributed by atoms with Crippen LogP contribution in [0.25, 0.3) is 0 Å². The van der Waals surface area contributed by atoms with Crippen molar-refractivity contribution in [1.29, 1.82) is 0 Å². The van der Waals surface area contributed by atoms with Crippen molar-refractivity contribution in [1.82, 2.24) is 9.62 Å². The van der Waals surface area contributed by atoms with E-state index in [1.54, 1.807) is 6.07 Å². The number of methoxy groups -OCH3 is 1. The molecule has 2 fully saturated rings. The molecule has 268 valence electrons. The van der Waals surface area contributed by atoms with Gasteiger partial charge in [0.1, 0.15) is 16.7 Å². The monoisotopic (exact) mass is 711 g/mol. The number of carbonyl (C=O) groups is 1. The highest BCUT2D eigenvalue weighted by atomic mass is 35.5. The quantitative estimate of drug-likeness (QED) is 0.317. The van der Waals surface area contributed by atoms with Crippen molar-refractivity contribution in [3.63, 3.8) is 0 Å². The lowest BCUT2D eigenvalue weighted by atomic mass is 9.64. The van der Waals surface area contributed by atoms with E-state index < -0.39 is 16.6 Å². The minimum absolute atomic E-state index is 0.1000. The van der Waals surface area contributed by atoms with Crippen molar-refractivity contribution in [2.24, 2.45) is 17.8 Å². The minimum atomic E-state index is -1.57. The van der Waals surface area contributed by atoms with E-state index in [-0.39, 0.29) is 23.0 Å². The zero-order valence-electron chi connectivity index (χ0n) is 29.6. The van der Waals surface area contributed by atoms with Crippen molar-refractivity contribution >= 4 is 34.2 Å². The smallest absolute Gasteiger partial charge is 0.263 e. The molecule has 49 heavy (non-hydrogen) atoms.